The van der Waals surface area contributed by atoms with Crippen LogP contribution in [0.25, 0.3) is 0 Å². The first-order valence-electron chi connectivity index (χ1n) is 9.90. The molecule has 1 aliphatic heterocycles. The van der Waals surface area contributed by atoms with Crippen LogP contribution in [-0.2, 0) is 24.3 Å². The maximum Gasteiger partial charge on any atom is 0.328 e. The smallest absolute Gasteiger partial charge is 0.328 e. The Labute approximate surface area is 186 Å². The van der Waals surface area contributed by atoms with Crippen LogP contribution in [0.3, 0.4) is 0 Å². The summed E-state index contributed by atoms with van der Waals surface area (Å²) in [4.78, 5) is 43.0. The molecule has 32 heavy (non-hydrogen) atoms. The predicted octanol–water partition coefficient (Wildman–Crippen LogP) is 0.275. The number of methoxy groups -OCH3 is 1. The van der Waals surface area contributed by atoms with Gasteiger partial charge in [-0.25, -0.2) is 13.2 Å². The Morgan fingerprint density at radius 3 is 2.47 bits per heavy atom. The van der Waals surface area contributed by atoms with Gasteiger partial charge in [0.25, 0.3) is 5.91 Å². The fraction of sp³-hybridized carbons (Fsp3) is 0.333. The lowest BCUT2D eigenvalue weighted by molar-refractivity contribution is -0.145. The minimum Gasteiger partial charge on any atom is -0.467 e. The summed E-state index contributed by atoms with van der Waals surface area (Å²) in [7, 11) is -2.84. The first-order valence-corrected chi connectivity index (χ1v) is 11.3. The zero-order chi connectivity index (χ0) is 23.3. The molecule has 2 unspecified atom stereocenters. The second-order valence-corrected chi connectivity index (χ2v) is 9.08. The molecule has 2 amide bonds. The van der Waals surface area contributed by atoms with Crippen LogP contribution in [0.2, 0.25) is 0 Å². The van der Waals surface area contributed by atoms with Gasteiger partial charge in [-0.2, -0.15) is 4.31 Å². The molecule has 2 aromatic rings. The van der Waals surface area contributed by atoms with E-state index < -0.39 is 34.0 Å². The number of pyridine rings is 1. The summed E-state index contributed by atoms with van der Waals surface area (Å²) < 4.78 is 32.2. The first-order chi connectivity index (χ1) is 15.3. The standard InChI is InChI=1S/C21H24N4O6S/c1-15(21(28)31-2)23-19(26)18-14-24(20(27)16-7-6-10-22-13-16)11-12-25(18)32(29,30)17-8-4-3-5-9-17/h3-10,13,15,18H,11-12,14H2,1-2H3,(H,23,26). The molecule has 10 nitrogen and oxygen atoms in total. The second-order valence-electron chi connectivity index (χ2n) is 7.19. The van der Waals surface area contributed by atoms with E-state index in [4.69, 9.17) is 0 Å². The van der Waals surface area contributed by atoms with E-state index >= 15 is 0 Å². The normalized spacial score (nSPS) is 17.9. The maximum atomic E-state index is 13.3. The van der Waals surface area contributed by atoms with Crippen molar-refractivity contribution in [1.82, 2.24) is 19.5 Å². The monoisotopic (exact) mass is 460 g/mol. The Bertz CT molecular complexity index is 1080. The molecule has 1 N–H and O–H groups in total. The molecule has 2 heterocycles. The number of carbonyl (C=O) groups excluding carboxylic acids is 3. The van der Waals surface area contributed by atoms with Gasteiger partial charge in [0.2, 0.25) is 15.9 Å². The number of amides is 2. The number of carbonyl (C=O) groups is 3. The Morgan fingerprint density at radius 1 is 1.12 bits per heavy atom. The van der Waals surface area contributed by atoms with E-state index in [1.165, 1.54) is 43.5 Å². The molecular weight excluding hydrogens is 436 g/mol. The summed E-state index contributed by atoms with van der Waals surface area (Å²) in [5, 5.41) is 2.48. The van der Waals surface area contributed by atoms with Crippen molar-refractivity contribution in [1.29, 1.82) is 0 Å². The average Bonchev–Trinajstić information content (AvgIpc) is 2.83. The quantitative estimate of drug-likeness (QED) is 0.614. The molecular formula is C21H24N4O6S. The van der Waals surface area contributed by atoms with Crippen molar-refractivity contribution in [3.05, 3.63) is 60.4 Å². The van der Waals surface area contributed by atoms with Crippen molar-refractivity contribution < 1.29 is 27.5 Å². The molecule has 1 aromatic carbocycles. The number of benzene rings is 1. The maximum absolute atomic E-state index is 13.3. The number of rotatable bonds is 6. The van der Waals surface area contributed by atoms with E-state index in [0.717, 1.165) is 4.31 Å². The Balaban J connectivity index is 1.90. The van der Waals surface area contributed by atoms with Gasteiger partial charge in [0, 0.05) is 32.0 Å². The van der Waals surface area contributed by atoms with E-state index in [1.807, 2.05) is 0 Å². The zero-order valence-electron chi connectivity index (χ0n) is 17.7. The molecule has 0 spiro atoms. The third-order valence-corrected chi connectivity index (χ3v) is 7.02. The van der Waals surface area contributed by atoms with Gasteiger partial charge in [0.05, 0.1) is 17.6 Å². The summed E-state index contributed by atoms with van der Waals surface area (Å²) in [6.45, 7) is 1.25. The Hall–Kier alpha value is -3.31. The van der Waals surface area contributed by atoms with Gasteiger partial charge in [-0.15, -0.1) is 0 Å². The van der Waals surface area contributed by atoms with E-state index in [1.54, 1.807) is 30.3 Å². The van der Waals surface area contributed by atoms with Gasteiger partial charge >= 0.3 is 5.97 Å². The molecule has 0 bridgehead atoms. The highest BCUT2D eigenvalue weighted by molar-refractivity contribution is 7.89. The number of sulfonamides is 1. The molecule has 1 aromatic heterocycles. The van der Waals surface area contributed by atoms with Crippen molar-refractivity contribution in [2.45, 2.75) is 23.9 Å². The van der Waals surface area contributed by atoms with Crippen molar-refractivity contribution in [3.8, 4) is 0 Å². The van der Waals surface area contributed by atoms with Gasteiger partial charge in [-0.05, 0) is 31.2 Å². The number of nitrogens with zero attached hydrogens (tertiary/aromatic N) is 3. The molecule has 2 atom stereocenters. The lowest BCUT2D eigenvalue weighted by Crippen LogP contribution is -2.62. The molecule has 1 fully saturated rings. The molecule has 11 heteroatoms. The van der Waals surface area contributed by atoms with Gasteiger partial charge in [0.1, 0.15) is 12.1 Å². The number of ether oxygens (including phenoxy) is 1. The van der Waals surface area contributed by atoms with Crippen LogP contribution in [0.1, 0.15) is 17.3 Å². The molecule has 0 aliphatic carbocycles. The van der Waals surface area contributed by atoms with Crippen LogP contribution in [-0.4, -0.2) is 79.2 Å². The largest absolute Gasteiger partial charge is 0.467 e. The van der Waals surface area contributed by atoms with E-state index in [0.29, 0.717) is 5.56 Å². The number of piperazine rings is 1. The van der Waals surface area contributed by atoms with Gasteiger partial charge < -0.3 is 15.0 Å². The third-order valence-electron chi connectivity index (χ3n) is 5.09. The van der Waals surface area contributed by atoms with Crippen LogP contribution in [0, 0.1) is 0 Å². The van der Waals surface area contributed by atoms with Gasteiger partial charge in [-0.1, -0.05) is 18.2 Å². The number of hydrogen-bond acceptors (Lipinski definition) is 7. The second kappa shape index (κ2) is 9.88. The van der Waals surface area contributed by atoms with Crippen LogP contribution in [0.15, 0.2) is 59.8 Å². The number of esters is 1. The minimum absolute atomic E-state index is 0.0332. The predicted molar refractivity (Wildman–Crippen MR) is 114 cm³/mol. The fourth-order valence-corrected chi connectivity index (χ4v) is 4.99. The van der Waals surface area contributed by atoms with Crippen molar-refractivity contribution >= 4 is 27.8 Å². The highest BCUT2D eigenvalue weighted by Crippen LogP contribution is 2.23. The van der Waals surface area contributed by atoms with Gasteiger partial charge in [-0.3, -0.25) is 14.6 Å². The fourth-order valence-electron chi connectivity index (χ4n) is 3.40. The van der Waals surface area contributed by atoms with E-state index in [2.05, 4.69) is 15.0 Å². The molecule has 0 saturated carbocycles. The number of hydrogen-bond donors (Lipinski definition) is 1. The Morgan fingerprint density at radius 2 is 1.84 bits per heavy atom. The van der Waals surface area contributed by atoms with Crippen LogP contribution in [0.5, 0.6) is 0 Å². The van der Waals surface area contributed by atoms with Crippen molar-refractivity contribution in [3.63, 3.8) is 0 Å². The molecule has 1 saturated heterocycles. The molecule has 170 valence electrons. The van der Waals surface area contributed by atoms with Crippen molar-refractivity contribution in [2.75, 3.05) is 26.7 Å². The summed E-state index contributed by atoms with van der Waals surface area (Å²) in [5.41, 5.74) is 0.328. The summed E-state index contributed by atoms with van der Waals surface area (Å²) in [5.74, 6) is -1.74. The molecule has 0 radical (unpaired) electrons. The molecule has 3 rings (SSSR count). The highest BCUT2D eigenvalue weighted by atomic mass is 32.2. The number of aromatic nitrogens is 1. The van der Waals surface area contributed by atoms with E-state index in [9.17, 15) is 22.8 Å². The van der Waals surface area contributed by atoms with Crippen LogP contribution < -0.4 is 5.32 Å². The first kappa shape index (κ1) is 23.4. The highest BCUT2D eigenvalue weighted by Gasteiger charge is 2.42. The molecule has 1 aliphatic rings. The topological polar surface area (TPSA) is 126 Å². The minimum atomic E-state index is -4.03. The number of nitrogens with one attached hydrogen (secondary N) is 1. The Kier molecular flexibility index (Phi) is 7.21. The summed E-state index contributed by atoms with van der Waals surface area (Å²) in [6, 6.07) is 8.73. The lowest BCUT2D eigenvalue weighted by Gasteiger charge is -2.39. The summed E-state index contributed by atoms with van der Waals surface area (Å²) in [6.07, 6.45) is 2.94. The van der Waals surface area contributed by atoms with Crippen molar-refractivity contribution in [2.24, 2.45) is 0 Å². The SMILES string of the molecule is COC(=O)C(C)NC(=O)C1CN(C(=O)c2cccnc2)CCN1S(=O)(=O)c1ccccc1. The van der Waals surface area contributed by atoms with Gasteiger partial charge in [0.15, 0.2) is 0 Å². The zero-order valence-corrected chi connectivity index (χ0v) is 18.5. The van der Waals surface area contributed by atoms with E-state index in [-0.39, 0.29) is 30.4 Å². The summed E-state index contributed by atoms with van der Waals surface area (Å²) >= 11 is 0. The lowest BCUT2D eigenvalue weighted by atomic mass is 10.1. The average molecular weight is 461 g/mol. The third kappa shape index (κ3) is 4.94. The van der Waals surface area contributed by atoms with Crippen LogP contribution >= 0.6 is 0 Å². The van der Waals surface area contributed by atoms with Crippen LogP contribution in [0.4, 0.5) is 0 Å².